The van der Waals surface area contributed by atoms with Crippen LogP contribution in [-0.4, -0.2) is 11.5 Å². The third-order valence-electron chi connectivity index (χ3n) is 3.02. The molecule has 5 heteroatoms. The summed E-state index contributed by atoms with van der Waals surface area (Å²) in [4.78, 5) is 4.44. The number of benzene rings is 1. The Balaban J connectivity index is 2.15. The van der Waals surface area contributed by atoms with Crippen LogP contribution in [0.4, 0.5) is 0 Å². The zero-order chi connectivity index (χ0) is 15.2. The van der Waals surface area contributed by atoms with Gasteiger partial charge in [-0.25, -0.2) is 0 Å². The van der Waals surface area contributed by atoms with Gasteiger partial charge < -0.3 is 10.5 Å². The van der Waals surface area contributed by atoms with Crippen LogP contribution in [0.5, 0.6) is 5.75 Å². The Morgan fingerprint density at radius 1 is 1.33 bits per heavy atom. The highest BCUT2D eigenvalue weighted by atomic mass is 35.5. The Kier molecular flexibility index (Phi) is 5.15. The number of ether oxygens (including phenoxy) is 1. The maximum absolute atomic E-state index is 8.82. The van der Waals surface area contributed by atoms with Gasteiger partial charge in [-0.05, 0) is 37.7 Å². The van der Waals surface area contributed by atoms with E-state index in [9.17, 15) is 0 Å². The number of pyridine rings is 1. The lowest BCUT2D eigenvalue weighted by atomic mass is 10.1. The van der Waals surface area contributed by atoms with Crippen molar-refractivity contribution in [2.45, 2.75) is 20.0 Å². The van der Waals surface area contributed by atoms with Gasteiger partial charge in [-0.2, -0.15) is 5.26 Å². The molecule has 0 unspecified atom stereocenters. The van der Waals surface area contributed by atoms with E-state index >= 15 is 0 Å². The highest BCUT2D eigenvalue weighted by Crippen LogP contribution is 2.22. The van der Waals surface area contributed by atoms with Gasteiger partial charge in [0.05, 0.1) is 17.3 Å². The molecule has 0 aliphatic heterocycles. The molecular formula is C16H16ClN3O. The highest BCUT2D eigenvalue weighted by Gasteiger charge is 2.08. The van der Waals surface area contributed by atoms with Crippen molar-refractivity contribution in [1.82, 2.24) is 4.98 Å². The van der Waals surface area contributed by atoms with Crippen LogP contribution in [0.15, 0.2) is 30.3 Å². The van der Waals surface area contributed by atoms with E-state index in [1.165, 1.54) is 0 Å². The average molecular weight is 302 g/mol. The largest absolute Gasteiger partial charge is 0.487 e. The van der Waals surface area contributed by atoms with Crippen LogP contribution in [0.1, 0.15) is 22.5 Å². The van der Waals surface area contributed by atoms with Crippen LogP contribution in [0, 0.1) is 18.3 Å². The molecule has 0 aliphatic carbocycles. The first kappa shape index (κ1) is 15.3. The van der Waals surface area contributed by atoms with Crippen molar-refractivity contribution >= 4 is 11.6 Å². The number of halogens is 1. The smallest absolute Gasteiger partial charge is 0.141 e. The molecule has 108 valence electrons. The Bertz CT molecular complexity index is 680. The Labute approximate surface area is 129 Å². The molecule has 0 radical (unpaired) electrons. The monoisotopic (exact) mass is 301 g/mol. The van der Waals surface area contributed by atoms with Gasteiger partial charge in [0, 0.05) is 22.7 Å². The molecule has 0 saturated carbocycles. The van der Waals surface area contributed by atoms with E-state index in [1.807, 2.05) is 19.1 Å². The summed E-state index contributed by atoms with van der Waals surface area (Å²) in [5, 5.41) is 9.34. The second kappa shape index (κ2) is 7.07. The summed E-state index contributed by atoms with van der Waals surface area (Å²) in [7, 11) is 0. The summed E-state index contributed by atoms with van der Waals surface area (Å²) in [5.41, 5.74) is 8.74. The molecule has 1 heterocycles. The fourth-order valence-electron chi connectivity index (χ4n) is 1.93. The van der Waals surface area contributed by atoms with Gasteiger partial charge in [0.1, 0.15) is 12.4 Å². The van der Waals surface area contributed by atoms with Gasteiger partial charge in [-0.15, -0.1) is 0 Å². The quantitative estimate of drug-likeness (QED) is 0.921. The number of nitriles is 1. The first-order valence-electron chi connectivity index (χ1n) is 6.62. The summed E-state index contributed by atoms with van der Waals surface area (Å²) >= 11 is 6.13. The van der Waals surface area contributed by atoms with Gasteiger partial charge in [-0.1, -0.05) is 17.7 Å². The van der Waals surface area contributed by atoms with E-state index in [2.05, 4.69) is 11.1 Å². The summed E-state index contributed by atoms with van der Waals surface area (Å²) in [6, 6.07) is 11.0. The van der Waals surface area contributed by atoms with E-state index < -0.39 is 0 Å². The lowest BCUT2D eigenvalue weighted by Crippen LogP contribution is -2.08. The van der Waals surface area contributed by atoms with Gasteiger partial charge >= 0.3 is 0 Å². The molecular weight excluding hydrogens is 286 g/mol. The lowest BCUT2D eigenvalue weighted by molar-refractivity contribution is 0.301. The standard InChI is InChI=1S/C16H16ClN3O/c1-11-2-5-16(15(20-11)6-7-18)21-10-13-4-3-12(9-19)8-14(13)17/h2-5,8H,6-7,10,18H2,1H3. The van der Waals surface area contributed by atoms with Gasteiger partial charge in [0.15, 0.2) is 0 Å². The van der Waals surface area contributed by atoms with Crippen molar-refractivity contribution < 1.29 is 4.74 Å². The highest BCUT2D eigenvalue weighted by molar-refractivity contribution is 6.31. The fraction of sp³-hybridized carbons (Fsp3) is 0.250. The molecule has 0 saturated heterocycles. The van der Waals surface area contributed by atoms with Crippen molar-refractivity contribution in [3.63, 3.8) is 0 Å². The van der Waals surface area contributed by atoms with E-state index in [0.717, 1.165) is 17.0 Å². The number of aromatic nitrogens is 1. The third kappa shape index (κ3) is 3.94. The molecule has 4 nitrogen and oxygen atoms in total. The molecule has 0 amide bonds. The zero-order valence-electron chi connectivity index (χ0n) is 11.8. The van der Waals surface area contributed by atoms with Crippen molar-refractivity contribution in [3.8, 4) is 11.8 Å². The van der Waals surface area contributed by atoms with Crippen LogP contribution in [0.25, 0.3) is 0 Å². The molecule has 0 bridgehead atoms. The number of aryl methyl sites for hydroxylation is 1. The third-order valence-corrected chi connectivity index (χ3v) is 3.37. The van der Waals surface area contributed by atoms with E-state index in [0.29, 0.717) is 35.9 Å². The predicted molar refractivity (Wildman–Crippen MR) is 82.2 cm³/mol. The molecule has 2 N–H and O–H groups in total. The van der Waals surface area contributed by atoms with Crippen LogP contribution in [0.3, 0.4) is 0 Å². The Morgan fingerprint density at radius 2 is 2.14 bits per heavy atom. The summed E-state index contributed by atoms with van der Waals surface area (Å²) < 4.78 is 5.80. The molecule has 0 atom stereocenters. The Hall–Kier alpha value is -2.09. The van der Waals surface area contributed by atoms with E-state index in [1.54, 1.807) is 18.2 Å². The molecule has 21 heavy (non-hydrogen) atoms. The van der Waals surface area contributed by atoms with Gasteiger partial charge in [0.2, 0.25) is 0 Å². The fourth-order valence-corrected chi connectivity index (χ4v) is 2.17. The molecule has 2 aromatic rings. The lowest BCUT2D eigenvalue weighted by Gasteiger charge is -2.12. The van der Waals surface area contributed by atoms with Gasteiger partial charge in [0.25, 0.3) is 0 Å². The number of rotatable bonds is 5. The van der Waals surface area contributed by atoms with Crippen molar-refractivity contribution in [1.29, 1.82) is 5.26 Å². The minimum atomic E-state index is 0.326. The topological polar surface area (TPSA) is 71.9 Å². The van der Waals surface area contributed by atoms with Crippen molar-refractivity contribution in [3.05, 3.63) is 57.9 Å². The molecule has 2 rings (SSSR count). The summed E-state index contributed by atoms with van der Waals surface area (Å²) in [5.74, 6) is 0.714. The van der Waals surface area contributed by atoms with Crippen molar-refractivity contribution in [2.75, 3.05) is 6.54 Å². The van der Waals surface area contributed by atoms with Crippen LogP contribution >= 0.6 is 11.6 Å². The van der Waals surface area contributed by atoms with E-state index in [-0.39, 0.29) is 0 Å². The summed E-state index contributed by atoms with van der Waals surface area (Å²) in [6.45, 7) is 2.78. The first-order valence-corrected chi connectivity index (χ1v) is 6.99. The number of nitrogens with zero attached hydrogens (tertiary/aromatic N) is 2. The summed E-state index contributed by atoms with van der Waals surface area (Å²) in [6.07, 6.45) is 0.665. The predicted octanol–water partition coefficient (Wildman–Crippen LogP) is 3.00. The van der Waals surface area contributed by atoms with Crippen molar-refractivity contribution in [2.24, 2.45) is 5.73 Å². The zero-order valence-corrected chi connectivity index (χ0v) is 12.5. The van der Waals surface area contributed by atoms with E-state index in [4.69, 9.17) is 27.3 Å². The maximum Gasteiger partial charge on any atom is 0.141 e. The Morgan fingerprint density at radius 3 is 2.81 bits per heavy atom. The second-order valence-electron chi connectivity index (χ2n) is 4.64. The SMILES string of the molecule is Cc1ccc(OCc2ccc(C#N)cc2Cl)c(CCN)n1. The molecule has 1 aromatic heterocycles. The number of hydrogen-bond acceptors (Lipinski definition) is 4. The molecule has 0 fully saturated rings. The van der Waals surface area contributed by atoms with Crippen LogP contribution in [-0.2, 0) is 13.0 Å². The first-order chi connectivity index (χ1) is 10.1. The number of hydrogen-bond donors (Lipinski definition) is 1. The maximum atomic E-state index is 8.82. The molecule has 1 aromatic carbocycles. The normalized spacial score (nSPS) is 10.2. The van der Waals surface area contributed by atoms with Crippen LogP contribution in [0.2, 0.25) is 5.02 Å². The minimum absolute atomic E-state index is 0.326. The number of nitrogens with two attached hydrogens (primary N) is 1. The second-order valence-corrected chi connectivity index (χ2v) is 5.05. The minimum Gasteiger partial charge on any atom is -0.487 e. The average Bonchev–Trinajstić information content (AvgIpc) is 2.48. The van der Waals surface area contributed by atoms with Gasteiger partial charge in [-0.3, -0.25) is 4.98 Å². The molecule has 0 aliphatic rings. The molecule has 0 spiro atoms. The van der Waals surface area contributed by atoms with Crippen LogP contribution < -0.4 is 10.5 Å².